The van der Waals surface area contributed by atoms with Crippen LogP contribution in [0.3, 0.4) is 0 Å². The van der Waals surface area contributed by atoms with Crippen LogP contribution in [0, 0.1) is 0 Å². The number of nitrogens with one attached hydrogen (secondary N) is 1. The molecule has 1 aromatic carbocycles. The molecule has 6 heteroatoms. The minimum atomic E-state index is -0.185. The Labute approximate surface area is 126 Å². The van der Waals surface area contributed by atoms with Crippen molar-refractivity contribution in [2.24, 2.45) is 0 Å². The Hall–Kier alpha value is -1.10. The van der Waals surface area contributed by atoms with E-state index in [9.17, 15) is 4.79 Å². The largest absolute Gasteiger partial charge is 0.350 e. The van der Waals surface area contributed by atoms with Crippen molar-refractivity contribution < 1.29 is 4.79 Å². The van der Waals surface area contributed by atoms with Gasteiger partial charge in [0.25, 0.3) is 5.91 Å². The highest BCUT2D eigenvalue weighted by Gasteiger charge is 2.15. The Balaban J connectivity index is 2.42. The summed E-state index contributed by atoms with van der Waals surface area (Å²) in [4.78, 5) is 12.0. The summed E-state index contributed by atoms with van der Waals surface area (Å²) >= 11 is 16.4. The lowest BCUT2D eigenvalue weighted by Gasteiger charge is -2.12. The number of amides is 1. The topological polar surface area (TPSA) is 34.0 Å². The molecule has 0 aliphatic rings. The average molecular weight is 315 g/mol. The zero-order valence-corrected chi connectivity index (χ0v) is 12.3. The maximum Gasteiger partial charge on any atom is 0.268 e. The number of aromatic nitrogens is 1. The van der Waals surface area contributed by atoms with Gasteiger partial charge >= 0.3 is 0 Å². The molecular weight excluding hydrogens is 303 g/mol. The third kappa shape index (κ3) is 3.08. The molecule has 0 saturated carbocycles. The molecule has 1 N–H and O–H groups in total. The van der Waals surface area contributed by atoms with Crippen LogP contribution >= 0.6 is 35.8 Å². The number of carbonyl (C=O) groups excluding carboxylic acids is 1. The van der Waals surface area contributed by atoms with Crippen LogP contribution in [0.4, 0.5) is 0 Å². The van der Waals surface area contributed by atoms with Crippen LogP contribution in [-0.4, -0.2) is 22.8 Å². The van der Waals surface area contributed by atoms with Gasteiger partial charge in [-0.05, 0) is 24.3 Å². The van der Waals surface area contributed by atoms with E-state index in [-0.39, 0.29) is 5.91 Å². The fourth-order valence-corrected chi connectivity index (χ4v) is 2.43. The number of halogens is 2. The smallest absolute Gasteiger partial charge is 0.268 e. The van der Waals surface area contributed by atoms with Crippen molar-refractivity contribution in [1.29, 1.82) is 0 Å². The third-order valence-corrected chi connectivity index (χ3v) is 3.39. The Morgan fingerprint density at radius 2 is 1.89 bits per heavy atom. The highest BCUT2D eigenvalue weighted by atomic mass is 35.5. The first-order valence-corrected chi connectivity index (χ1v) is 7.05. The monoisotopic (exact) mass is 314 g/mol. The van der Waals surface area contributed by atoms with Gasteiger partial charge in [0.2, 0.25) is 0 Å². The Morgan fingerprint density at radius 1 is 1.21 bits per heavy atom. The van der Waals surface area contributed by atoms with Gasteiger partial charge in [-0.25, -0.2) is 0 Å². The molecule has 2 aromatic rings. The van der Waals surface area contributed by atoms with Crippen molar-refractivity contribution in [2.75, 3.05) is 12.3 Å². The molecule has 1 aromatic heterocycles. The van der Waals surface area contributed by atoms with Gasteiger partial charge in [-0.15, -0.1) is 0 Å². The molecule has 1 amide bonds. The first-order chi connectivity index (χ1) is 9.15. The summed E-state index contributed by atoms with van der Waals surface area (Å²) in [6, 6.07) is 8.72. The second-order valence-electron chi connectivity index (χ2n) is 3.81. The third-order valence-electron chi connectivity index (χ3n) is 2.56. The first-order valence-electron chi connectivity index (χ1n) is 5.66. The van der Waals surface area contributed by atoms with E-state index in [1.165, 1.54) is 0 Å². The minimum absolute atomic E-state index is 0.185. The van der Waals surface area contributed by atoms with Crippen molar-refractivity contribution in [3.05, 3.63) is 52.3 Å². The van der Waals surface area contributed by atoms with Crippen molar-refractivity contribution >= 4 is 41.7 Å². The number of thiol groups is 1. The maximum absolute atomic E-state index is 12.0. The summed E-state index contributed by atoms with van der Waals surface area (Å²) in [5.74, 6) is 0.397. The quantitative estimate of drug-likeness (QED) is 0.833. The van der Waals surface area contributed by atoms with Gasteiger partial charge in [0, 0.05) is 18.5 Å². The number of carbonyl (C=O) groups is 1. The second kappa shape index (κ2) is 6.37. The van der Waals surface area contributed by atoms with Gasteiger partial charge in [0.05, 0.1) is 15.7 Å². The molecule has 0 radical (unpaired) electrons. The van der Waals surface area contributed by atoms with E-state index >= 15 is 0 Å². The molecule has 1 heterocycles. The number of nitrogens with zero attached hydrogens (tertiary/aromatic N) is 1. The van der Waals surface area contributed by atoms with Gasteiger partial charge in [-0.2, -0.15) is 12.6 Å². The van der Waals surface area contributed by atoms with Gasteiger partial charge < -0.3 is 9.88 Å². The van der Waals surface area contributed by atoms with Crippen LogP contribution in [0.1, 0.15) is 10.5 Å². The Morgan fingerprint density at radius 3 is 2.53 bits per heavy atom. The summed E-state index contributed by atoms with van der Waals surface area (Å²) in [5.41, 5.74) is 1.09. The number of benzene rings is 1. The predicted molar refractivity (Wildman–Crippen MR) is 82.0 cm³/mol. The van der Waals surface area contributed by atoms with E-state index in [1.807, 2.05) is 0 Å². The zero-order chi connectivity index (χ0) is 13.8. The van der Waals surface area contributed by atoms with Gasteiger partial charge in [-0.1, -0.05) is 29.3 Å². The number of rotatable bonds is 4. The van der Waals surface area contributed by atoms with E-state index in [4.69, 9.17) is 23.2 Å². The highest BCUT2D eigenvalue weighted by molar-refractivity contribution is 7.80. The summed E-state index contributed by atoms with van der Waals surface area (Å²) in [6.45, 7) is 0.503. The molecule has 0 spiro atoms. The molecule has 0 saturated heterocycles. The molecule has 0 aliphatic heterocycles. The number of hydrogen-bond donors (Lipinski definition) is 2. The lowest BCUT2D eigenvalue weighted by Crippen LogP contribution is -2.27. The van der Waals surface area contributed by atoms with E-state index < -0.39 is 0 Å². The molecule has 0 bridgehead atoms. The van der Waals surface area contributed by atoms with Crippen molar-refractivity contribution in [3.8, 4) is 5.69 Å². The fourth-order valence-electron chi connectivity index (χ4n) is 1.74. The van der Waals surface area contributed by atoms with Crippen molar-refractivity contribution in [2.45, 2.75) is 0 Å². The molecule has 100 valence electrons. The molecular formula is C13H12Cl2N2OS. The molecule has 0 fully saturated rings. The standard InChI is InChI=1S/C13H12Cl2N2OS/c14-9-3-1-4-10(15)12(9)17-7-2-5-11(17)13(18)16-6-8-19/h1-5,7,19H,6,8H2,(H,16,18). The van der Waals surface area contributed by atoms with Crippen LogP contribution in [0.2, 0.25) is 10.0 Å². The molecule has 2 rings (SSSR count). The van der Waals surface area contributed by atoms with Crippen molar-refractivity contribution in [1.82, 2.24) is 9.88 Å². The van der Waals surface area contributed by atoms with Crippen LogP contribution in [0.15, 0.2) is 36.5 Å². The van der Waals surface area contributed by atoms with Gasteiger partial charge in [-0.3, -0.25) is 4.79 Å². The number of hydrogen-bond acceptors (Lipinski definition) is 2. The Kier molecular flexibility index (Phi) is 4.80. The summed E-state index contributed by atoms with van der Waals surface area (Å²) in [6.07, 6.45) is 1.75. The fraction of sp³-hybridized carbons (Fsp3) is 0.154. The molecule has 19 heavy (non-hydrogen) atoms. The van der Waals surface area contributed by atoms with E-state index in [0.29, 0.717) is 33.7 Å². The predicted octanol–water partition coefficient (Wildman–Crippen LogP) is 3.44. The van der Waals surface area contributed by atoms with E-state index in [0.717, 1.165) is 0 Å². The molecule has 0 atom stereocenters. The number of para-hydroxylation sites is 1. The highest BCUT2D eigenvalue weighted by Crippen LogP contribution is 2.29. The molecule has 0 aliphatic carbocycles. The molecule has 0 unspecified atom stereocenters. The maximum atomic E-state index is 12.0. The minimum Gasteiger partial charge on any atom is -0.350 e. The zero-order valence-electron chi connectivity index (χ0n) is 9.94. The van der Waals surface area contributed by atoms with E-state index in [1.54, 1.807) is 41.1 Å². The Bertz CT molecular complexity index is 578. The van der Waals surface area contributed by atoms with Gasteiger partial charge in [0.15, 0.2) is 0 Å². The lowest BCUT2D eigenvalue weighted by atomic mass is 10.3. The van der Waals surface area contributed by atoms with Crippen LogP contribution in [0.25, 0.3) is 5.69 Å². The summed E-state index contributed by atoms with van der Waals surface area (Å²) in [7, 11) is 0. The summed E-state index contributed by atoms with van der Waals surface area (Å²) in [5, 5.41) is 3.75. The first kappa shape index (κ1) is 14.3. The van der Waals surface area contributed by atoms with E-state index in [2.05, 4.69) is 17.9 Å². The van der Waals surface area contributed by atoms with Gasteiger partial charge in [0.1, 0.15) is 5.69 Å². The van der Waals surface area contributed by atoms with Crippen LogP contribution in [0.5, 0.6) is 0 Å². The lowest BCUT2D eigenvalue weighted by molar-refractivity contribution is 0.0949. The van der Waals surface area contributed by atoms with Crippen LogP contribution in [-0.2, 0) is 0 Å². The normalized spacial score (nSPS) is 10.5. The van der Waals surface area contributed by atoms with Crippen LogP contribution < -0.4 is 5.32 Å². The summed E-state index contributed by atoms with van der Waals surface area (Å²) < 4.78 is 1.68. The molecule has 3 nitrogen and oxygen atoms in total. The SMILES string of the molecule is O=C(NCCS)c1cccn1-c1c(Cl)cccc1Cl. The second-order valence-corrected chi connectivity index (χ2v) is 5.07. The van der Waals surface area contributed by atoms with Crippen molar-refractivity contribution in [3.63, 3.8) is 0 Å². The average Bonchev–Trinajstić information content (AvgIpc) is 2.85.